The summed E-state index contributed by atoms with van der Waals surface area (Å²) in [6.45, 7) is 2.89. The van der Waals surface area contributed by atoms with E-state index in [0.717, 1.165) is 12.1 Å². The second-order valence-electron chi connectivity index (χ2n) is 5.19. The summed E-state index contributed by atoms with van der Waals surface area (Å²) in [4.78, 5) is 21.8. The van der Waals surface area contributed by atoms with Gasteiger partial charge in [0.15, 0.2) is 0 Å². The lowest BCUT2D eigenvalue weighted by Gasteiger charge is -2.23. The Kier molecular flexibility index (Phi) is 3.86. The van der Waals surface area contributed by atoms with Crippen LogP contribution < -0.4 is 5.56 Å². The fourth-order valence-electron chi connectivity index (χ4n) is 2.32. The summed E-state index contributed by atoms with van der Waals surface area (Å²) in [6, 6.07) is 9.58. The van der Waals surface area contributed by atoms with Crippen LogP contribution in [0, 0.1) is 0 Å². The van der Waals surface area contributed by atoms with E-state index >= 15 is 0 Å². The van der Waals surface area contributed by atoms with Gasteiger partial charge >= 0.3 is 0 Å². The van der Waals surface area contributed by atoms with E-state index in [0.29, 0.717) is 11.2 Å². The van der Waals surface area contributed by atoms with Crippen LogP contribution in [0.2, 0.25) is 0 Å². The highest BCUT2D eigenvalue weighted by molar-refractivity contribution is 7.07. The quantitative estimate of drug-likeness (QED) is 0.805. The first kappa shape index (κ1) is 14.0. The van der Waals surface area contributed by atoms with Gasteiger partial charge in [0.2, 0.25) is 0 Å². The van der Waals surface area contributed by atoms with Crippen molar-refractivity contribution in [2.24, 2.45) is 0 Å². The van der Waals surface area contributed by atoms with E-state index in [9.17, 15) is 4.79 Å². The van der Waals surface area contributed by atoms with Crippen molar-refractivity contribution < 1.29 is 0 Å². The molecule has 1 aromatic carbocycles. The summed E-state index contributed by atoms with van der Waals surface area (Å²) < 4.78 is 0. The van der Waals surface area contributed by atoms with Gasteiger partial charge in [-0.15, -0.1) is 0 Å². The fourth-order valence-corrected chi connectivity index (χ4v) is 2.98. The summed E-state index contributed by atoms with van der Waals surface area (Å²) in [5.74, 6) is 0.705. The summed E-state index contributed by atoms with van der Waals surface area (Å²) in [7, 11) is 2.04. The average molecular weight is 299 g/mol. The molecule has 1 N–H and O–H groups in total. The van der Waals surface area contributed by atoms with Gasteiger partial charge in [-0.25, -0.2) is 4.98 Å². The molecular weight excluding hydrogens is 282 g/mol. The molecule has 21 heavy (non-hydrogen) atoms. The van der Waals surface area contributed by atoms with E-state index in [1.165, 1.54) is 5.56 Å². The summed E-state index contributed by atoms with van der Waals surface area (Å²) in [5.41, 5.74) is 1.94. The molecule has 0 amide bonds. The zero-order valence-electron chi connectivity index (χ0n) is 12.0. The number of nitrogens with zero attached hydrogens (tertiary/aromatic N) is 2. The van der Waals surface area contributed by atoms with Gasteiger partial charge in [-0.1, -0.05) is 12.1 Å². The molecule has 4 nitrogen and oxygen atoms in total. The van der Waals surface area contributed by atoms with Crippen LogP contribution in [0.15, 0.2) is 45.9 Å². The van der Waals surface area contributed by atoms with Gasteiger partial charge in [0.1, 0.15) is 5.82 Å². The maximum absolute atomic E-state index is 12.1. The Morgan fingerprint density at radius 1 is 1.33 bits per heavy atom. The topological polar surface area (TPSA) is 49.0 Å². The fraction of sp³-hybridized carbons (Fsp3) is 0.250. The van der Waals surface area contributed by atoms with Crippen LogP contribution in [-0.4, -0.2) is 21.9 Å². The number of H-pyrrole nitrogens is 1. The molecule has 0 fully saturated rings. The molecule has 2 aromatic heterocycles. The van der Waals surface area contributed by atoms with Crippen molar-refractivity contribution in [2.45, 2.75) is 19.5 Å². The molecule has 0 aliphatic carbocycles. The lowest BCUT2D eigenvalue weighted by atomic mass is 10.2. The molecule has 1 atom stereocenters. The summed E-state index contributed by atoms with van der Waals surface area (Å²) >= 11 is 1.69. The molecule has 0 aliphatic rings. The van der Waals surface area contributed by atoms with Crippen LogP contribution in [0.5, 0.6) is 0 Å². The van der Waals surface area contributed by atoms with Crippen molar-refractivity contribution in [3.05, 3.63) is 62.8 Å². The molecule has 2 heterocycles. The smallest absolute Gasteiger partial charge is 0.258 e. The number of thiophene rings is 1. The standard InChI is InChI=1S/C16H17N3OS/c1-11(19(2)9-12-7-8-21-10-12)15-17-14-6-4-3-5-13(14)16(20)18-15/h3-8,10-11H,9H2,1-2H3,(H,17,18,20)/t11-/m0/s1. The first-order chi connectivity index (χ1) is 10.1. The summed E-state index contributed by atoms with van der Waals surface area (Å²) in [5, 5.41) is 4.85. The van der Waals surface area contributed by atoms with Gasteiger partial charge < -0.3 is 4.98 Å². The highest BCUT2D eigenvalue weighted by Crippen LogP contribution is 2.19. The molecule has 0 bridgehead atoms. The highest BCUT2D eigenvalue weighted by Gasteiger charge is 2.15. The average Bonchev–Trinajstić information content (AvgIpc) is 2.99. The van der Waals surface area contributed by atoms with Crippen LogP contribution in [-0.2, 0) is 6.54 Å². The second kappa shape index (κ2) is 5.79. The zero-order valence-corrected chi connectivity index (χ0v) is 12.9. The maximum atomic E-state index is 12.1. The molecule has 0 saturated heterocycles. The number of rotatable bonds is 4. The minimum atomic E-state index is -0.0774. The molecule has 108 valence electrons. The molecule has 0 spiro atoms. The van der Waals surface area contributed by atoms with Gasteiger partial charge in [0.25, 0.3) is 5.56 Å². The number of benzene rings is 1. The third-order valence-corrected chi connectivity index (χ3v) is 4.43. The lowest BCUT2D eigenvalue weighted by molar-refractivity contribution is 0.244. The van der Waals surface area contributed by atoms with E-state index in [-0.39, 0.29) is 11.6 Å². The number of nitrogens with one attached hydrogen (secondary N) is 1. The molecule has 0 saturated carbocycles. The predicted octanol–water partition coefficient (Wildman–Crippen LogP) is 3.18. The van der Waals surface area contributed by atoms with Crippen LogP contribution >= 0.6 is 11.3 Å². The Hall–Kier alpha value is -1.98. The maximum Gasteiger partial charge on any atom is 0.258 e. The monoisotopic (exact) mass is 299 g/mol. The Labute approximate surface area is 127 Å². The number of hydrogen-bond acceptors (Lipinski definition) is 4. The molecular formula is C16H17N3OS. The van der Waals surface area contributed by atoms with Gasteiger partial charge in [0, 0.05) is 6.54 Å². The number of para-hydroxylation sites is 1. The first-order valence-electron chi connectivity index (χ1n) is 6.85. The first-order valence-corrected chi connectivity index (χ1v) is 7.79. The number of fused-ring (bicyclic) bond motifs is 1. The van der Waals surface area contributed by atoms with E-state index in [4.69, 9.17) is 0 Å². The zero-order chi connectivity index (χ0) is 14.8. The molecule has 0 unspecified atom stereocenters. The van der Waals surface area contributed by atoms with Crippen LogP contribution in [0.4, 0.5) is 0 Å². The van der Waals surface area contributed by atoms with Crippen molar-refractivity contribution in [3.8, 4) is 0 Å². The molecule has 0 radical (unpaired) electrons. The molecule has 0 aliphatic heterocycles. The SMILES string of the molecule is C[C@@H](c1nc2ccccc2c(=O)[nH]1)N(C)Cc1ccsc1. The van der Waals surface area contributed by atoms with E-state index < -0.39 is 0 Å². The minimum Gasteiger partial charge on any atom is -0.309 e. The van der Waals surface area contributed by atoms with E-state index in [1.807, 2.05) is 25.2 Å². The molecule has 3 aromatic rings. The Bertz CT molecular complexity index is 795. The van der Waals surface area contributed by atoms with Crippen molar-refractivity contribution in [1.29, 1.82) is 0 Å². The largest absolute Gasteiger partial charge is 0.309 e. The Morgan fingerprint density at radius 3 is 2.90 bits per heavy atom. The highest BCUT2D eigenvalue weighted by atomic mass is 32.1. The third-order valence-electron chi connectivity index (χ3n) is 3.70. The Balaban J connectivity index is 1.90. The van der Waals surface area contributed by atoms with Crippen LogP contribution in [0.25, 0.3) is 10.9 Å². The second-order valence-corrected chi connectivity index (χ2v) is 5.97. The number of aromatic amines is 1. The van der Waals surface area contributed by atoms with Crippen molar-refractivity contribution >= 4 is 22.2 Å². The number of hydrogen-bond donors (Lipinski definition) is 1. The normalized spacial score (nSPS) is 12.9. The molecule has 3 rings (SSSR count). The summed E-state index contributed by atoms with van der Waals surface area (Å²) in [6.07, 6.45) is 0. The van der Waals surface area contributed by atoms with Crippen molar-refractivity contribution in [1.82, 2.24) is 14.9 Å². The third kappa shape index (κ3) is 2.89. The minimum absolute atomic E-state index is 0.0437. The van der Waals surface area contributed by atoms with E-state index in [1.54, 1.807) is 17.4 Å². The number of aromatic nitrogens is 2. The van der Waals surface area contributed by atoms with Crippen molar-refractivity contribution in [2.75, 3.05) is 7.05 Å². The van der Waals surface area contributed by atoms with Gasteiger partial charge in [0.05, 0.1) is 16.9 Å². The van der Waals surface area contributed by atoms with Gasteiger partial charge in [-0.2, -0.15) is 11.3 Å². The van der Waals surface area contributed by atoms with Gasteiger partial charge in [-0.3, -0.25) is 9.69 Å². The van der Waals surface area contributed by atoms with Gasteiger partial charge in [-0.05, 0) is 48.5 Å². The molecule has 5 heteroatoms. The van der Waals surface area contributed by atoms with Crippen molar-refractivity contribution in [3.63, 3.8) is 0 Å². The van der Waals surface area contributed by atoms with Crippen LogP contribution in [0.3, 0.4) is 0 Å². The van der Waals surface area contributed by atoms with Crippen LogP contribution in [0.1, 0.15) is 24.4 Å². The van der Waals surface area contributed by atoms with E-state index in [2.05, 4.69) is 38.6 Å². The predicted molar refractivity (Wildman–Crippen MR) is 86.6 cm³/mol. The lowest BCUT2D eigenvalue weighted by Crippen LogP contribution is -2.25. The Morgan fingerprint density at radius 2 is 2.14 bits per heavy atom.